The number of nitrogens with zero attached hydrogens (tertiary/aromatic N) is 1. The van der Waals surface area contributed by atoms with Crippen molar-refractivity contribution in [2.24, 2.45) is 0 Å². The highest BCUT2D eigenvalue weighted by atomic mass is 31.2. The van der Waals surface area contributed by atoms with Crippen LogP contribution in [0.1, 0.15) is 99.5 Å². The maximum absolute atomic E-state index is 14.5. The van der Waals surface area contributed by atoms with E-state index in [2.05, 4.69) is 54.4 Å². The minimum atomic E-state index is -1.51. The van der Waals surface area contributed by atoms with Crippen LogP contribution >= 0.6 is 8.30 Å². The molecule has 0 aliphatic carbocycles. The van der Waals surface area contributed by atoms with Crippen molar-refractivity contribution in [2.75, 3.05) is 61.0 Å². The van der Waals surface area contributed by atoms with Gasteiger partial charge in [0.2, 0.25) is 4.29 Å². The van der Waals surface area contributed by atoms with E-state index < -0.39 is 144 Å². The van der Waals surface area contributed by atoms with Gasteiger partial charge in [-0.1, -0.05) is 188 Å². The van der Waals surface area contributed by atoms with Gasteiger partial charge >= 0.3 is 11.9 Å². The van der Waals surface area contributed by atoms with Crippen LogP contribution in [0.4, 0.5) is 22.0 Å². The van der Waals surface area contributed by atoms with E-state index in [-0.39, 0.29) is 33.0 Å². The molecular formula is C84H111F5NO17P. The van der Waals surface area contributed by atoms with E-state index in [1.165, 1.54) is 21.3 Å². The predicted octanol–water partition coefficient (Wildman–Crippen LogP) is 12.2. The summed E-state index contributed by atoms with van der Waals surface area (Å²) >= 11 is 0. The molecule has 7 aromatic carbocycles. The summed E-state index contributed by atoms with van der Waals surface area (Å²) in [7, 11) is 3.09. The molecule has 5 saturated heterocycles. The molecule has 24 heteroatoms. The normalized spacial score (nSPS) is 28.9. The average molecular weight is 1540 g/mol. The summed E-state index contributed by atoms with van der Waals surface area (Å²) in [6.07, 6.45) is -17.1. The number of alkyl halides is 5. The molecule has 5 aliphatic heterocycles. The molecule has 12 rings (SSSR count). The summed E-state index contributed by atoms with van der Waals surface area (Å²) in [6.45, 7) is 9.99. The van der Waals surface area contributed by atoms with Gasteiger partial charge < -0.3 is 73.4 Å². The first kappa shape index (κ1) is 82.0. The van der Waals surface area contributed by atoms with Gasteiger partial charge in [0.15, 0.2) is 12.3 Å². The van der Waals surface area contributed by atoms with E-state index in [0.717, 1.165) is 27.8 Å². The van der Waals surface area contributed by atoms with Gasteiger partial charge in [0, 0.05) is 88.8 Å². The number of carbonyl (C=O) groups is 2. The lowest BCUT2D eigenvalue weighted by molar-refractivity contribution is -0.0332. The fourth-order valence-electron chi connectivity index (χ4n) is 12.4. The van der Waals surface area contributed by atoms with Gasteiger partial charge in [-0.3, -0.25) is 4.67 Å². The molecule has 0 radical (unpaired) electrons. The number of rotatable bonds is 24. The van der Waals surface area contributed by atoms with Gasteiger partial charge in [-0.15, -0.1) is 0 Å². The van der Waals surface area contributed by atoms with Gasteiger partial charge in [0.25, 0.3) is 0 Å². The molecule has 0 saturated carbocycles. The summed E-state index contributed by atoms with van der Waals surface area (Å²) in [5.74, 6) is -1.01. The lowest BCUT2D eigenvalue weighted by Crippen LogP contribution is -2.33. The Bertz CT molecular complexity index is 3460. The SMILES string of the molecule is O=C(OC[C@H]1O[C@@H](Cc2ccccc2)[C@@H](F)C1O)c1ccccc1.OC[C@H]1O[C@@H](Cc2ccccc2)[C@@H](F)C1O.[2H]C1[C@@H](CO)O[C@@H](Cc2ccccc2)[C@H]1F.[2H]C1[C@@H](COC(=O)c2ccccc2)O[C@@H](Cc2ccccc2)[C@H]1F.[2H]C1[C@@H](COP(C)N(C(C)C)C(C)C)O[C@@H](Cc2ccccc2)[C@H]1F.[3H]OC.[3H]OC.[3H]OC. The van der Waals surface area contributed by atoms with Crippen LogP contribution in [0.5, 0.6) is 0 Å². The maximum atomic E-state index is 14.5. The third kappa shape index (κ3) is 30.7. The summed E-state index contributed by atoms with van der Waals surface area (Å²) in [5, 5.41) is 47.8. The Hall–Kier alpha value is -7.00. The zero-order chi connectivity index (χ0) is 83.7. The van der Waals surface area contributed by atoms with Crippen LogP contribution in [0.2, 0.25) is 0 Å². The lowest BCUT2D eigenvalue weighted by Gasteiger charge is -2.35. The highest BCUT2D eigenvalue weighted by Crippen LogP contribution is 2.42. The molecule has 18 nitrogen and oxygen atoms in total. The highest BCUT2D eigenvalue weighted by Gasteiger charge is 2.46. The molecule has 5 fully saturated rings. The monoisotopic (exact) mass is 1540 g/mol. The predicted molar refractivity (Wildman–Crippen MR) is 407 cm³/mol. The third-order valence-corrected chi connectivity index (χ3v) is 19.6. The van der Waals surface area contributed by atoms with E-state index in [0.29, 0.717) is 55.3 Å². The van der Waals surface area contributed by atoms with Crippen molar-refractivity contribution in [3.63, 3.8) is 0 Å². The number of aliphatic hydroxyl groups excluding tert-OH is 7. The summed E-state index contributed by atoms with van der Waals surface area (Å²) in [4.78, 5) is 23.8. The topological polar surface area (TPSA) is 253 Å². The maximum Gasteiger partial charge on any atom is 0.338 e. The molecule has 5 heterocycles. The van der Waals surface area contributed by atoms with E-state index in [1.807, 2.05) is 152 Å². The molecule has 6 unspecified atom stereocenters. The van der Waals surface area contributed by atoms with Crippen LogP contribution in [0.3, 0.4) is 0 Å². The molecule has 7 aromatic rings. The Morgan fingerprint density at radius 2 is 0.713 bits per heavy atom. The fraction of sp³-hybridized carbons (Fsp3) is 0.476. The van der Waals surface area contributed by atoms with Crippen LogP contribution < -0.4 is 0 Å². The van der Waals surface area contributed by atoms with Gasteiger partial charge in [0.05, 0.1) is 79.8 Å². The van der Waals surface area contributed by atoms with Gasteiger partial charge in [-0.25, -0.2) is 31.5 Å². The van der Waals surface area contributed by atoms with Gasteiger partial charge in [-0.05, 0) is 86.4 Å². The quantitative estimate of drug-likeness (QED) is 0.0169. The molecule has 7 N–H and O–H groups in total. The van der Waals surface area contributed by atoms with E-state index in [1.54, 1.807) is 60.7 Å². The largest absolute Gasteiger partial charge is 0.459 e. The highest BCUT2D eigenvalue weighted by molar-refractivity contribution is 7.49. The number of benzene rings is 7. The molecule has 0 amide bonds. The Morgan fingerprint density at radius 3 is 1.02 bits per heavy atom. The van der Waals surface area contributed by atoms with Crippen molar-refractivity contribution in [1.29, 1.82) is 4.29 Å². The van der Waals surface area contributed by atoms with Gasteiger partial charge in [0.1, 0.15) is 64.4 Å². The number of hydrogen-bond donors (Lipinski definition) is 7. The second-order valence-corrected chi connectivity index (χ2v) is 27.6. The van der Waals surface area contributed by atoms with Crippen molar-refractivity contribution in [3.05, 3.63) is 251 Å². The van der Waals surface area contributed by atoms with Crippen LogP contribution in [-0.2, 0) is 69.8 Å². The molecular weight excluding hydrogens is 1420 g/mol. The molecule has 594 valence electrons. The first-order valence-electron chi connectivity index (χ1n) is 38.8. The number of aliphatic hydroxyl groups is 7. The van der Waals surface area contributed by atoms with Crippen LogP contribution in [0, 0.1) is 0 Å². The van der Waals surface area contributed by atoms with Crippen LogP contribution in [0.15, 0.2) is 212 Å². The van der Waals surface area contributed by atoms with Crippen molar-refractivity contribution in [1.82, 2.24) is 4.67 Å². The van der Waals surface area contributed by atoms with Crippen molar-refractivity contribution in [2.45, 2.75) is 195 Å². The Balaban J connectivity index is 0.000000250. The number of ether oxygens (including phenoxy) is 7. The Labute approximate surface area is 643 Å². The standard InChI is InChI=1S/C19H31FNO2P.C19H19FO4.C19H19FO3.C12H15FO3.C12H15FO2.3CH4O/c1-14(2)21(15(3)4)24(5)22-13-17-12-18(20)19(23-17)11-16-9-7-6-8-10-16;20-17-15(11-13-7-3-1-4-8-13)24-16(18(17)21)12-23-19(22)14-9-5-2-6-10-14;20-17-12-16(13-22-19(21)15-9-5-2-6-10-15)23-18(17)11-14-7-3-1-4-8-14;13-11-9(16-10(7-14)12(11)15)6-8-4-2-1-3-5-8;13-11-7-10(8-14)15-12(11)6-9-4-2-1-3-5-9;3*1-2/h6-10,14-15,17-19H,11-13H2,1-5H3;1-10,15-18,21H,11-12H2;1-10,16-18H,11-13H2;1-5,9-12,14-15H,6-7H2;1-5,10-12,14H,6-8H2;3*2H,1H3/t17-,18-,19-,24?;15-,16+,17+,18?;16-,17-,18-;9-,10+,11+,12?;10-,11-,12-;;;/m00000.../s1/i12D;;12D;;7D;3*2T/t12?,17-,18-,19-,24?;;12?,16-,17-,18-;;7?,10-,11-,12-;;;. The van der Waals surface area contributed by atoms with Crippen molar-refractivity contribution < 1.29 is 109 Å². The first-order valence-corrected chi connectivity index (χ1v) is 37.5. The second-order valence-electron chi connectivity index (χ2n) is 25.9. The average Bonchev–Trinajstić information content (AvgIpc) is 1.71. The molecule has 108 heavy (non-hydrogen) atoms. The minimum Gasteiger partial charge on any atom is -0.459 e. The number of carbonyl (C=O) groups excluding carboxylic acids is 2. The van der Waals surface area contributed by atoms with Crippen LogP contribution in [0.25, 0.3) is 0 Å². The smallest absolute Gasteiger partial charge is 0.338 e. The molecule has 0 aromatic heterocycles. The lowest BCUT2D eigenvalue weighted by atomic mass is 10.0. The minimum absolute atomic E-state index is 0.117. The Kier molecular flexibility index (Phi) is 38.5. The Morgan fingerprint density at radius 1 is 0.435 bits per heavy atom. The third-order valence-electron chi connectivity index (χ3n) is 17.5. The fourth-order valence-corrected chi connectivity index (χ4v) is 14.2. The van der Waals surface area contributed by atoms with E-state index >= 15 is 0 Å². The number of esters is 2. The van der Waals surface area contributed by atoms with E-state index in [9.17, 15) is 41.8 Å². The number of halogens is 5. The van der Waals surface area contributed by atoms with Crippen molar-refractivity contribution in [3.8, 4) is 0 Å². The second kappa shape index (κ2) is 50.7. The van der Waals surface area contributed by atoms with E-state index in [4.69, 9.17) is 56.3 Å². The molecule has 0 bridgehead atoms. The summed E-state index contributed by atoms with van der Waals surface area (Å²) in [5.41, 5.74) is 5.70. The summed E-state index contributed by atoms with van der Waals surface area (Å²) < 4.78 is 157. The van der Waals surface area contributed by atoms with Crippen LogP contribution in [-0.4, -0.2) is 234 Å². The molecule has 5 aliphatic rings. The first-order chi connectivity index (χ1) is 54.8. The number of hydrogen-bond acceptors (Lipinski definition) is 18. The summed E-state index contributed by atoms with van der Waals surface area (Å²) in [6, 6.07) is 65.3. The van der Waals surface area contributed by atoms with Crippen molar-refractivity contribution >= 4 is 20.2 Å². The molecule has 0 spiro atoms. The zero-order valence-electron chi connectivity index (χ0n) is 68.4. The van der Waals surface area contributed by atoms with Gasteiger partial charge in [-0.2, -0.15) is 0 Å². The molecule has 21 atom stereocenters. The zero-order valence-corrected chi connectivity index (χ0v) is 63.3.